The molecule has 0 saturated carbocycles. The van der Waals surface area contributed by atoms with E-state index in [1.165, 1.54) is 19.8 Å². The van der Waals surface area contributed by atoms with Gasteiger partial charge in [0.25, 0.3) is 0 Å². The van der Waals surface area contributed by atoms with Crippen LogP contribution in [-0.4, -0.2) is 0 Å². The van der Waals surface area contributed by atoms with Gasteiger partial charge in [-0.3, -0.25) is 0 Å². The fourth-order valence-electron chi connectivity index (χ4n) is 2.19. The van der Waals surface area contributed by atoms with E-state index >= 15 is 0 Å². The van der Waals surface area contributed by atoms with E-state index in [0.717, 1.165) is 6.42 Å². The second-order valence-electron chi connectivity index (χ2n) is 4.90. The molecule has 0 aliphatic rings. The Morgan fingerprint density at radius 1 is 1.16 bits per heavy atom. The number of halogens is 1. The average molecular weight is 338 g/mol. The first-order valence-electron chi connectivity index (χ1n) is 6.68. The highest BCUT2D eigenvalue weighted by Crippen LogP contribution is 2.29. The zero-order valence-corrected chi connectivity index (χ0v) is 14.0. The zero-order valence-electron chi connectivity index (χ0n) is 11.6. The molecule has 0 aliphatic carbocycles. The quantitative estimate of drug-likeness (QED) is 0.746. The van der Waals surface area contributed by atoms with Gasteiger partial charge in [-0.1, -0.05) is 36.8 Å². The molecule has 2 rings (SSSR count). The van der Waals surface area contributed by atoms with Crippen LogP contribution in [0.15, 0.2) is 40.2 Å². The molecule has 2 atom stereocenters. The van der Waals surface area contributed by atoms with E-state index < -0.39 is 0 Å². The Hall–Kier alpha value is -0.640. The van der Waals surface area contributed by atoms with Crippen LogP contribution >= 0.6 is 27.3 Å². The number of benzene rings is 1. The SMILES string of the molecule is CCC(NC(C)c1ccc(Br)s1)c1ccc(C)cc1. The third-order valence-electron chi connectivity index (χ3n) is 3.36. The predicted octanol–water partition coefficient (Wildman–Crippen LogP) is 5.62. The molecule has 1 nitrogen and oxygen atoms in total. The molecule has 2 unspecified atom stereocenters. The Kier molecular flexibility index (Phi) is 5.20. The smallest absolute Gasteiger partial charge is 0.0701 e. The van der Waals surface area contributed by atoms with Crippen LogP contribution in [0.2, 0.25) is 0 Å². The van der Waals surface area contributed by atoms with Gasteiger partial charge in [0, 0.05) is 17.0 Å². The molecule has 3 heteroatoms. The van der Waals surface area contributed by atoms with Crippen LogP contribution < -0.4 is 5.32 Å². The molecule has 0 spiro atoms. The summed E-state index contributed by atoms with van der Waals surface area (Å²) in [6.45, 7) is 6.59. The minimum absolute atomic E-state index is 0.377. The average Bonchev–Trinajstić information content (AvgIpc) is 2.84. The summed E-state index contributed by atoms with van der Waals surface area (Å²) in [4.78, 5) is 1.37. The molecule has 102 valence electrons. The van der Waals surface area contributed by atoms with Crippen molar-refractivity contribution < 1.29 is 0 Å². The highest BCUT2D eigenvalue weighted by atomic mass is 79.9. The van der Waals surface area contributed by atoms with Gasteiger partial charge in [-0.15, -0.1) is 11.3 Å². The summed E-state index contributed by atoms with van der Waals surface area (Å²) in [7, 11) is 0. The third kappa shape index (κ3) is 3.91. The van der Waals surface area contributed by atoms with Gasteiger partial charge in [0.15, 0.2) is 0 Å². The second kappa shape index (κ2) is 6.69. The molecule has 19 heavy (non-hydrogen) atoms. The number of thiophene rings is 1. The molecule has 1 N–H and O–H groups in total. The summed E-state index contributed by atoms with van der Waals surface area (Å²) < 4.78 is 1.19. The molecule has 1 heterocycles. The van der Waals surface area contributed by atoms with Crippen molar-refractivity contribution in [1.29, 1.82) is 0 Å². The first kappa shape index (κ1) is 14.8. The third-order valence-corrected chi connectivity index (χ3v) is 5.17. The van der Waals surface area contributed by atoms with Crippen molar-refractivity contribution in [2.75, 3.05) is 0 Å². The molecule has 2 aromatic rings. The summed E-state index contributed by atoms with van der Waals surface area (Å²) >= 11 is 5.33. The largest absolute Gasteiger partial charge is 0.303 e. The van der Waals surface area contributed by atoms with Gasteiger partial charge in [0.2, 0.25) is 0 Å². The standard InChI is InChI=1S/C16H20BrNS/c1-4-14(13-7-5-11(2)6-8-13)18-12(3)15-9-10-16(17)19-15/h5-10,12,14,18H,4H2,1-3H3. The lowest BCUT2D eigenvalue weighted by Gasteiger charge is -2.22. The molecular weight excluding hydrogens is 318 g/mol. The van der Waals surface area contributed by atoms with E-state index in [1.807, 2.05) is 0 Å². The van der Waals surface area contributed by atoms with Gasteiger partial charge in [0.1, 0.15) is 0 Å². The number of hydrogen-bond donors (Lipinski definition) is 1. The predicted molar refractivity (Wildman–Crippen MR) is 87.8 cm³/mol. The van der Waals surface area contributed by atoms with Crippen LogP contribution in [0.4, 0.5) is 0 Å². The molecule has 0 radical (unpaired) electrons. The number of hydrogen-bond acceptors (Lipinski definition) is 2. The van der Waals surface area contributed by atoms with E-state index in [2.05, 4.69) is 78.4 Å². The molecule has 0 bridgehead atoms. The molecule has 0 amide bonds. The highest BCUT2D eigenvalue weighted by Gasteiger charge is 2.14. The van der Waals surface area contributed by atoms with Crippen LogP contribution in [0.25, 0.3) is 0 Å². The number of nitrogens with one attached hydrogen (secondary N) is 1. The fourth-order valence-corrected chi connectivity index (χ4v) is 3.63. The van der Waals surface area contributed by atoms with Crippen LogP contribution in [0, 0.1) is 6.92 Å². The van der Waals surface area contributed by atoms with Crippen LogP contribution in [0.1, 0.15) is 48.4 Å². The van der Waals surface area contributed by atoms with Crippen molar-refractivity contribution in [3.8, 4) is 0 Å². The lowest BCUT2D eigenvalue weighted by Crippen LogP contribution is -2.23. The molecule has 0 saturated heterocycles. The van der Waals surface area contributed by atoms with Crippen LogP contribution in [0.3, 0.4) is 0 Å². The van der Waals surface area contributed by atoms with Crippen molar-refractivity contribution in [1.82, 2.24) is 5.32 Å². The normalized spacial score (nSPS) is 14.3. The molecule has 1 aromatic heterocycles. The van der Waals surface area contributed by atoms with E-state index in [-0.39, 0.29) is 0 Å². The summed E-state index contributed by atoms with van der Waals surface area (Å²) in [6, 6.07) is 13.9. The monoisotopic (exact) mass is 337 g/mol. The Balaban J connectivity index is 2.08. The van der Waals surface area contributed by atoms with E-state index in [1.54, 1.807) is 11.3 Å². The minimum atomic E-state index is 0.377. The van der Waals surface area contributed by atoms with Gasteiger partial charge < -0.3 is 5.32 Å². The maximum atomic E-state index is 3.72. The van der Waals surface area contributed by atoms with Crippen molar-refractivity contribution in [2.45, 2.75) is 39.3 Å². The zero-order chi connectivity index (χ0) is 13.8. The Morgan fingerprint density at radius 3 is 2.37 bits per heavy atom. The summed E-state index contributed by atoms with van der Waals surface area (Å²) in [5.74, 6) is 0. The maximum Gasteiger partial charge on any atom is 0.0701 e. The summed E-state index contributed by atoms with van der Waals surface area (Å²) in [5, 5.41) is 3.72. The van der Waals surface area contributed by atoms with Crippen molar-refractivity contribution >= 4 is 27.3 Å². The van der Waals surface area contributed by atoms with Gasteiger partial charge in [-0.05, 0) is 53.9 Å². The van der Waals surface area contributed by atoms with E-state index in [9.17, 15) is 0 Å². The Labute approximate surface area is 128 Å². The van der Waals surface area contributed by atoms with Gasteiger partial charge in [-0.2, -0.15) is 0 Å². The lowest BCUT2D eigenvalue weighted by molar-refractivity contribution is 0.460. The maximum absolute atomic E-state index is 3.72. The summed E-state index contributed by atoms with van der Waals surface area (Å²) in [5.41, 5.74) is 2.68. The Morgan fingerprint density at radius 2 is 1.84 bits per heavy atom. The second-order valence-corrected chi connectivity index (χ2v) is 7.40. The molecule has 0 fully saturated rings. The molecule has 1 aromatic carbocycles. The van der Waals surface area contributed by atoms with Gasteiger partial charge in [0.05, 0.1) is 3.79 Å². The van der Waals surface area contributed by atoms with Crippen LogP contribution in [-0.2, 0) is 0 Å². The van der Waals surface area contributed by atoms with E-state index in [4.69, 9.17) is 0 Å². The number of rotatable bonds is 5. The lowest BCUT2D eigenvalue weighted by atomic mass is 10.0. The first-order chi connectivity index (χ1) is 9.10. The van der Waals surface area contributed by atoms with Crippen molar-refractivity contribution in [3.63, 3.8) is 0 Å². The van der Waals surface area contributed by atoms with Gasteiger partial charge in [-0.25, -0.2) is 0 Å². The van der Waals surface area contributed by atoms with Crippen molar-refractivity contribution in [2.24, 2.45) is 0 Å². The highest BCUT2D eigenvalue weighted by molar-refractivity contribution is 9.11. The molecular formula is C16H20BrNS. The first-order valence-corrected chi connectivity index (χ1v) is 8.29. The summed E-state index contributed by atoms with van der Waals surface area (Å²) in [6.07, 6.45) is 1.10. The van der Waals surface area contributed by atoms with Crippen molar-refractivity contribution in [3.05, 3.63) is 56.2 Å². The number of aryl methyl sites for hydroxylation is 1. The topological polar surface area (TPSA) is 12.0 Å². The Bertz CT molecular complexity index is 518. The van der Waals surface area contributed by atoms with Crippen LogP contribution in [0.5, 0.6) is 0 Å². The fraction of sp³-hybridized carbons (Fsp3) is 0.375. The minimum Gasteiger partial charge on any atom is -0.303 e. The molecule has 0 aliphatic heterocycles. The van der Waals surface area contributed by atoms with E-state index in [0.29, 0.717) is 12.1 Å². The van der Waals surface area contributed by atoms with Gasteiger partial charge >= 0.3 is 0 Å².